The van der Waals surface area contributed by atoms with Crippen LogP contribution in [0.5, 0.6) is 5.88 Å². The molecule has 0 saturated carbocycles. The first-order valence-corrected chi connectivity index (χ1v) is 18.7. The average Bonchev–Trinajstić information content (AvgIpc) is 3.50. The van der Waals surface area contributed by atoms with Crippen LogP contribution in [0.15, 0.2) is 47.5 Å². The van der Waals surface area contributed by atoms with Crippen molar-refractivity contribution in [2.45, 2.75) is 89.1 Å². The molecule has 1 saturated heterocycles. The number of rotatable bonds is 10. The Hall–Kier alpha value is -4.32. The molecule has 1 spiro atoms. The summed E-state index contributed by atoms with van der Waals surface area (Å²) in [5.74, 6) is -2.85. The number of carboxylic acids is 1. The summed E-state index contributed by atoms with van der Waals surface area (Å²) >= 11 is 0. The summed E-state index contributed by atoms with van der Waals surface area (Å²) in [7, 11) is -4.20. The Bertz CT molecular complexity index is 2130. The highest BCUT2D eigenvalue weighted by atomic mass is 32.2. The second kappa shape index (κ2) is 14.2. The molecule has 0 radical (unpaired) electrons. The van der Waals surface area contributed by atoms with Crippen molar-refractivity contribution >= 4 is 27.5 Å². The third-order valence-corrected chi connectivity index (χ3v) is 12.1. The van der Waals surface area contributed by atoms with E-state index in [0.29, 0.717) is 60.5 Å². The van der Waals surface area contributed by atoms with Crippen LogP contribution in [0.1, 0.15) is 79.6 Å². The number of halogens is 3. The number of hydrogen-bond donors (Lipinski definition) is 3. The van der Waals surface area contributed by atoms with Crippen LogP contribution in [0.3, 0.4) is 0 Å². The van der Waals surface area contributed by atoms with Gasteiger partial charge in [-0.1, -0.05) is 18.2 Å². The molecule has 3 aromatic heterocycles. The molecular weight excluding hydrogens is 717 g/mol. The maximum absolute atomic E-state index is 14.5. The van der Waals surface area contributed by atoms with Gasteiger partial charge < -0.3 is 25.0 Å². The topological polar surface area (TPSA) is 168 Å². The molecule has 13 nitrogen and oxygen atoms in total. The molecule has 0 unspecified atom stereocenters. The Labute approximate surface area is 305 Å². The molecule has 0 amide bonds. The molecule has 2 atom stereocenters. The van der Waals surface area contributed by atoms with Crippen LogP contribution < -0.4 is 10.1 Å². The van der Waals surface area contributed by atoms with Crippen molar-refractivity contribution < 1.29 is 46.1 Å². The minimum absolute atomic E-state index is 0.00333. The Morgan fingerprint density at radius 2 is 1.81 bits per heavy atom. The lowest BCUT2D eigenvalue weighted by Gasteiger charge is -2.38. The van der Waals surface area contributed by atoms with Gasteiger partial charge in [0.05, 0.1) is 25.2 Å². The Balaban J connectivity index is 1.43. The number of carbonyl (C=O) groups is 1. The van der Waals surface area contributed by atoms with Crippen LogP contribution in [-0.4, -0.2) is 86.5 Å². The van der Waals surface area contributed by atoms with Gasteiger partial charge in [-0.15, -0.1) is 10.2 Å². The molecule has 2 aliphatic rings. The van der Waals surface area contributed by atoms with Crippen molar-refractivity contribution in [2.24, 2.45) is 5.41 Å². The minimum atomic E-state index is -4.75. The number of carboxylic acid groups (broad SMARTS) is 1. The number of aliphatic hydroxyl groups excluding tert-OH is 1. The molecule has 17 heteroatoms. The number of benzene rings is 1. The molecule has 1 aromatic carbocycles. The number of nitrogens with one attached hydrogen (secondary N) is 1. The van der Waals surface area contributed by atoms with Crippen LogP contribution in [-0.2, 0) is 32.3 Å². The van der Waals surface area contributed by atoms with Crippen molar-refractivity contribution in [3.05, 3.63) is 76.2 Å². The number of alkyl halides is 3. The van der Waals surface area contributed by atoms with E-state index in [9.17, 15) is 36.6 Å². The van der Waals surface area contributed by atoms with Crippen LogP contribution in [0.4, 0.5) is 19.0 Å². The fourth-order valence-corrected chi connectivity index (χ4v) is 8.71. The zero-order chi connectivity index (χ0) is 38.5. The highest BCUT2D eigenvalue weighted by Crippen LogP contribution is 2.45. The standard InChI is InChI=1S/C36H43F3N6O7S/c1-21-6-7-24(29(34(4,5)33(47)48)26-10-14-45-30(23(26)3)42-43-32(45)36(37,38)39)18-25(21)19-44-20-35(12-16-51-17-13-35)52-31-27(53(44,49)50)8-9-28(41-31)40-22(2)11-15-46/h6-10,14,18,22,29,46H,11-13,15-17,19-20H2,1-5H3,(H,40,41)(H,47,48)/t22-,29-/m0/s1. The van der Waals surface area contributed by atoms with E-state index in [1.54, 1.807) is 31.2 Å². The van der Waals surface area contributed by atoms with E-state index in [0.717, 1.165) is 9.96 Å². The first kappa shape index (κ1) is 38.4. The molecule has 0 bridgehead atoms. The quantitative estimate of drug-likeness (QED) is 0.191. The fraction of sp³-hybridized carbons (Fsp3) is 0.500. The summed E-state index contributed by atoms with van der Waals surface area (Å²) in [6, 6.07) is 9.66. The van der Waals surface area contributed by atoms with Crippen LogP contribution in [0.25, 0.3) is 5.65 Å². The number of hydrogen-bond acceptors (Lipinski definition) is 10. The smallest absolute Gasteiger partial charge is 0.452 e. The predicted molar refractivity (Wildman–Crippen MR) is 187 cm³/mol. The van der Waals surface area contributed by atoms with E-state index in [2.05, 4.69) is 20.5 Å². The van der Waals surface area contributed by atoms with E-state index in [4.69, 9.17) is 9.47 Å². The first-order valence-electron chi connectivity index (χ1n) is 17.3. The number of fused-ring (bicyclic) bond motifs is 2. The Kier molecular flexibility index (Phi) is 10.3. The van der Waals surface area contributed by atoms with E-state index >= 15 is 0 Å². The minimum Gasteiger partial charge on any atom is -0.481 e. The van der Waals surface area contributed by atoms with Gasteiger partial charge in [0, 0.05) is 44.1 Å². The van der Waals surface area contributed by atoms with Gasteiger partial charge in [-0.2, -0.15) is 22.5 Å². The number of pyridine rings is 2. The zero-order valence-electron chi connectivity index (χ0n) is 30.1. The Morgan fingerprint density at radius 1 is 1.09 bits per heavy atom. The monoisotopic (exact) mass is 760 g/mol. The number of anilines is 1. The largest absolute Gasteiger partial charge is 0.481 e. The highest BCUT2D eigenvalue weighted by Gasteiger charge is 2.46. The number of aliphatic hydroxyl groups is 1. The van der Waals surface area contributed by atoms with Crippen molar-refractivity contribution in [3.8, 4) is 5.88 Å². The molecule has 1 fully saturated rings. The van der Waals surface area contributed by atoms with Crippen molar-refractivity contribution in [1.29, 1.82) is 0 Å². The fourth-order valence-electron chi connectivity index (χ4n) is 7.17. The lowest BCUT2D eigenvalue weighted by molar-refractivity contribution is -0.147. The van der Waals surface area contributed by atoms with Crippen LogP contribution in [0, 0.1) is 19.3 Å². The van der Waals surface area contributed by atoms with Gasteiger partial charge in [-0.3, -0.25) is 9.20 Å². The van der Waals surface area contributed by atoms with E-state index in [1.165, 1.54) is 36.5 Å². The van der Waals surface area contributed by atoms with Crippen molar-refractivity contribution in [1.82, 2.24) is 23.9 Å². The van der Waals surface area contributed by atoms with Gasteiger partial charge in [0.1, 0.15) is 16.3 Å². The summed E-state index contributed by atoms with van der Waals surface area (Å²) in [6.07, 6.45) is -2.28. The summed E-state index contributed by atoms with van der Waals surface area (Å²) in [6.45, 7) is 8.95. The molecule has 0 aliphatic carbocycles. The molecule has 4 aromatic rings. The first-order chi connectivity index (χ1) is 24.9. The number of ether oxygens (including phenoxy) is 2. The second-order valence-electron chi connectivity index (χ2n) is 14.5. The van der Waals surface area contributed by atoms with Crippen LogP contribution in [0.2, 0.25) is 0 Å². The third-order valence-electron chi connectivity index (χ3n) is 10.3. The normalized spacial score (nSPS) is 18.6. The lowest BCUT2D eigenvalue weighted by atomic mass is 9.70. The summed E-state index contributed by atoms with van der Waals surface area (Å²) in [5, 5.41) is 30.1. The van der Waals surface area contributed by atoms with Gasteiger partial charge >= 0.3 is 12.1 Å². The summed E-state index contributed by atoms with van der Waals surface area (Å²) in [5.41, 5.74) is 0.175. The highest BCUT2D eigenvalue weighted by molar-refractivity contribution is 7.89. The van der Waals surface area contributed by atoms with Gasteiger partial charge in [0.2, 0.25) is 21.7 Å². The van der Waals surface area contributed by atoms with Crippen LogP contribution >= 0.6 is 0 Å². The van der Waals surface area contributed by atoms with E-state index < -0.39 is 44.9 Å². The molecular formula is C36H43F3N6O7S. The molecule has 6 rings (SSSR count). The van der Waals surface area contributed by atoms with Gasteiger partial charge in [-0.25, -0.2) is 8.42 Å². The van der Waals surface area contributed by atoms with E-state index in [1.807, 2.05) is 13.8 Å². The van der Waals surface area contributed by atoms with Gasteiger partial charge in [0.15, 0.2) is 5.65 Å². The number of aromatic nitrogens is 4. The zero-order valence-corrected chi connectivity index (χ0v) is 30.9. The molecule has 5 heterocycles. The van der Waals surface area contributed by atoms with E-state index in [-0.39, 0.29) is 42.2 Å². The van der Waals surface area contributed by atoms with Gasteiger partial charge in [0.25, 0.3) is 0 Å². The van der Waals surface area contributed by atoms with Crippen molar-refractivity contribution in [3.63, 3.8) is 0 Å². The molecule has 286 valence electrons. The number of nitrogens with zero attached hydrogens (tertiary/aromatic N) is 5. The lowest BCUT2D eigenvalue weighted by Crippen LogP contribution is -2.50. The molecule has 3 N–H and O–H groups in total. The SMILES string of the molecule is Cc1ccc([C@@H](c2ccn3c(C(F)(F)F)nnc3c2C)C(C)(C)C(=O)O)cc1CN1CC2(CCOCC2)Oc2nc(N[C@@H](C)CCO)ccc2S1(=O)=O. The summed E-state index contributed by atoms with van der Waals surface area (Å²) in [4.78, 5) is 17.3. The van der Waals surface area contributed by atoms with Gasteiger partial charge in [-0.05, 0) is 87.1 Å². The Morgan fingerprint density at radius 3 is 2.47 bits per heavy atom. The number of aliphatic carboxylic acids is 1. The number of sulfonamides is 1. The third kappa shape index (κ3) is 7.31. The second-order valence-corrected chi connectivity index (χ2v) is 16.4. The molecule has 2 aliphatic heterocycles. The maximum atomic E-state index is 14.5. The molecule has 53 heavy (non-hydrogen) atoms. The average molecular weight is 761 g/mol. The predicted octanol–water partition coefficient (Wildman–Crippen LogP) is 5.32. The van der Waals surface area contributed by atoms with Crippen molar-refractivity contribution in [2.75, 3.05) is 31.7 Å². The number of aryl methyl sites for hydroxylation is 2. The maximum Gasteiger partial charge on any atom is 0.452 e. The summed E-state index contributed by atoms with van der Waals surface area (Å²) < 4.78 is 84.3.